The Bertz CT molecular complexity index is 707. The Morgan fingerprint density at radius 3 is 2.77 bits per heavy atom. The molecule has 2 aliphatic rings. The summed E-state index contributed by atoms with van der Waals surface area (Å²) in [5.41, 5.74) is 0.818. The molecule has 0 saturated carbocycles. The van der Waals surface area contributed by atoms with Crippen LogP contribution in [0.3, 0.4) is 0 Å². The summed E-state index contributed by atoms with van der Waals surface area (Å²) in [6, 6.07) is 6.97. The number of carboxylic acids is 1. The zero-order chi connectivity index (χ0) is 21.3. The van der Waals surface area contributed by atoms with Gasteiger partial charge in [0, 0.05) is 26.1 Å². The van der Waals surface area contributed by atoms with Gasteiger partial charge in [0.15, 0.2) is 6.61 Å². The number of hydrogen-bond donors (Lipinski definition) is 1. The topological polar surface area (TPSA) is 88.5 Å². The summed E-state index contributed by atoms with van der Waals surface area (Å²) in [4.78, 5) is 28.1. The van der Waals surface area contributed by atoms with E-state index in [9.17, 15) is 9.59 Å². The average molecular weight is 421 g/mol. The molecule has 1 N–H and O–H groups in total. The second-order valence-corrected chi connectivity index (χ2v) is 7.92. The Morgan fingerprint density at radius 2 is 2.03 bits per heavy atom. The number of aliphatic carboxylic acids is 1. The van der Waals surface area contributed by atoms with Crippen molar-refractivity contribution in [2.45, 2.75) is 37.8 Å². The van der Waals surface area contributed by atoms with Crippen molar-refractivity contribution >= 4 is 11.9 Å². The zero-order valence-corrected chi connectivity index (χ0v) is 17.6. The summed E-state index contributed by atoms with van der Waals surface area (Å²) in [7, 11) is 1.97. The van der Waals surface area contributed by atoms with Gasteiger partial charge in [-0.15, -0.1) is 0 Å². The van der Waals surface area contributed by atoms with Gasteiger partial charge < -0.3 is 19.3 Å². The van der Waals surface area contributed by atoms with Crippen LogP contribution in [0.5, 0.6) is 5.75 Å². The number of piperidine rings is 1. The van der Waals surface area contributed by atoms with E-state index in [0.717, 1.165) is 64.2 Å². The summed E-state index contributed by atoms with van der Waals surface area (Å²) in [6.45, 7) is 4.46. The van der Waals surface area contributed by atoms with E-state index in [1.165, 1.54) is 0 Å². The molecule has 0 amide bonds. The molecule has 3 rings (SSSR count). The number of morpholine rings is 1. The van der Waals surface area contributed by atoms with Gasteiger partial charge >= 0.3 is 11.9 Å². The largest absolute Gasteiger partial charge is 0.482 e. The summed E-state index contributed by atoms with van der Waals surface area (Å²) in [6.07, 6.45) is 3.19. The monoisotopic (exact) mass is 420 g/mol. The molecule has 0 unspecified atom stereocenters. The number of likely N-dealkylation sites (tertiary alicyclic amines) is 1. The van der Waals surface area contributed by atoms with Gasteiger partial charge in [0.05, 0.1) is 13.2 Å². The van der Waals surface area contributed by atoms with E-state index >= 15 is 0 Å². The first-order valence-electron chi connectivity index (χ1n) is 10.7. The Hall–Kier alpha value is -2.16. The molecule has 1 aromatic carbocycles. The van der Waals surface area contributed by atoms with Crippen LogP contribution in [0.2, 0.25) is 0 Å². The highest BCUT2D eigenvalue weighted by atomic mass is 16.5. The molecular weight excluding hydrogens is 388 g/mol. The third kappa shape index (κ3) is 6.68. The van der Waals surface area contributed by atoms with Gasteiger partial charge in [-0.3, -0.25) is 14.6 Å². The van der Waals surface area contributed by atoms with Crippen molar-refractivity contribution in [1.29, 1.82) is 0 Å². The van der Waals surface area contributed by atoms with Gasteiger partial charge in [0.2, 0.25) is 0 Å². The van der Waals surface area contributed by atoms with Crippen LogP contribution in [0.1, 0.15) is 37.4 Å². The molecule has 0 bridgehead atoms. The SMILES string of the molecule is CN1CCCC[C@H]1C(=O)O[C@H](CCN1CCOCC1)c1cccc(OCC(=O)O)c1. The Labute approximate surface area is 177 Å². The fraction of sp³-hybridized carbons (Fsp3) is 0.636. The number of benzene rings is 1. The maximum absolute atomic E-state index is 12.9. The number of likely N-dealkylation sites (N-methyl/N-ethyl adjacent to an activating group) is 1. The fourth-order valence-corrected chi connectivity index (χ4v) is 3.96. The second kappa shape index (κ2) is 11.3. The maximum Gasteiger partial charge on any atom is 0.341 e. The first kappa shape index (κ1) is 22.5. The fourth-order valence-electron chi connectivity index (χ4n) is 3.96. The molecule has 166 valence electrons. The average Bonchev–Trinajstić information content (AvgIpc) is 2.76. The lowest BCUT2D eigenvalue weighted by Crippen LogP contribution is -2.43. The highest BCUT2D eigenvalue weighted by molar-refractivity contribution is 5.76. The van der Waals surface area contributed by atoms with Gasteiger partial charge in [-0.25, -0.2) is 4.79 Å². The Balaban J connectivity index is 1.70. The third-order valence-corrected chi connectivity index (χ3v) is 5.70. The van der Waals surface area contributed by atoms with Crippen molar-refractivity contribution in [2.24, 2.45) is 0 Å². The number of esters is 1. The smallest absolute Gasteiger partial charge is 0.341 e. The predicted molar refractivity (Wildman–Crippen MR) is 111 cm³/mol. The van der Waals surface area contributed by atoms with Crippen molar-refractivity contribution < 1.29 is 28.9 Å². The molecule has 0 aliphatic carbocycles. The lowest BCUT2D eigenvalue weighted by Gasteiger charge is -2.33. The first-order valence-corrected chi connectivity index (χ1v) is 10.7. The van der Waals surface area contributed by atoms with E-state index < -0.39 is 18.7 Å². The Kier molecular flexibility index (Phi) is 8.48. The van der Waals surface area contributed by atoms with Crippen molar-refractivity contribution in [3.05, 3.63) is 29.8 Å². The van der Waals surface area contributed by atoms with Crippen LogP contribution in [-0.4, -0.2) is 85.9 Å². The maximum atomic E-state index is 12.9. The van der Waals surface area contributed by atoms with E-state index in [-0.39, 0.29) is 12.0 Å². The van der Waals surface area contributed by atoms with Crippen molar-refractivity contribution in [2.75, 3.05) is 53.0 Å². The molecule has 2 fully saturated rings. The van der Waals surface area contributed by atoms with E-state index in [1.807, 2.05) is 13.1 Å². The van der Waals surface area contributed by atoms with E-state index in [4.69, 9.17) is 19.3 Å². The normalized spacial score (nSPS) is 21.7. The molecule has 2 heterocycles. The van der Waals surface area contributed by atoms with Gasteiger partial charge in [-0.2, -0.15) is 0 Å². The van der Waals surface area contributed by atoms with E-state index in [0.29, 0.717) is 12.2 Å². The summed E-state index contributed by atoms with van der Waals surface area (Å²) in [5.74, 6) is -0.769. The number of carbonyl (C=O) groups is 2. The number of hydrogen-bond acceptors (Lipinski definition) is 7. The highest BCUT2D eigenvalue weighted by Crippen LogP contribution is 2.28. The van der Waals surface area contributed by atoms with E-state index in [1.54, 1.807) is 18.2 Å². The minimum atomic E-state index is -1.03. The number of ether oxygens (including phenoxy) is 3. The first-order chi connectivity index (χ1) is 14.5. The van der Waals surface area contributed by atoms with Gasteiger partial charge in [-0.1, -0.05) is 18.6 Å². The Morgan fingerprint density at radius 1 is 1.23 bits per heavy atom. The number of rotatable bonds is 9. The highest BCUT2D eigenvalue weighted by Gasteiger charge is 2.30. The molecule has 0 spiro atoms. The predicted octanol–water partition coefficient (Wildman–Crippen LogP) is 1.94. The quantitative estimate of drug-likeness (QED) is 0.607. The molecule has 0 radical (unpaired) electrons. The number of carboxylic acid groups (broad SMARTS) is 1. The lowest BCUT2D eigenvalue weighted by atomic mass is 10.0. The molecule has 8 heteroatoms. The van der Waals surface area contributed by atoms with Crippen LogP contribution in [0.15, 0.2) is 24.3 Å². The second-order valence-electron chi connectivity index (χ2n) is 7.92. The summed E-state index contributed by atoms with van der Waals surface area (Å²) >= 11 is 0. The minimum absolute atomic E-state index is 0.193. The van der Waals surface area contributed by atoms with Gasteiger partial charge in [0.25, 0.3) is 0 Å². The third-order valence-electron chi connectivity index (χ3n) is 5.70. The molecular formula is C22H32N2O6. The number of nitrogens with zero attached hydrogens (tertiary/aromatic N) is 2. The lowest BCUT2D eigenvalue weighted by molar-refractivity contribution is -0.157. The number of carbonyl (C=O) groups excluding carboxylic acids is 1. The summed E-state index contributed by atoms with van der Waals surface area (Å²) in [5, 5.41) is 8.86. The molecule has 1 aromatic rings. The van der Waals surface area contributed by atoms with Gasteiger partial charge in [-0.05, 0) is 44.1 Å². The molecule has 2 atom stereocenters. The summed E-state index contributed by atoms with van der Waals surface area (Å²) < 4.78 is 16.7. The van der Waals surface area contributed by atoms with Crippen molar-refractivity contribution in [3.63, 3.8) is 0 Å². The van der Waals surface area contributed by atoms with Crippen molar-refractivity contribution in [1.82, 2.24) is 9.80 Å². The molecule has 2 saturated heterocycles. The van der Waals surface area contributed by atoms with Crippen LogP contribution >= 0.6 is 0 Å². The minimum Gasteiger partial charge on any atom is -0.482 e. The molecule has 2 aliphatic heterocycles. The standard InChI is InChI=1S/C22H32N2O6/c1-23-9-3-2-7-19(23)22(27)30-20(8-10-24-11-13-28-14-12-24)17-5-4-6-18(15-17)29-16-21(25)26/h4-6,15,19-20H,2-3,7-14,16H2,1H3,(H,25,26)/t19-,20+/m0/s1. The van der Waals surface area contributed by atoms with Crippen molar-refractivity contribution in [3.8, 4) is 5.75 Å². The molecule has 0 aromatic heterocycles. The van der Waals surface area contributed by atoms with Crippen LogP contribution in [0.4, 0.5) is 0 Å². The van der Waals surface area contributed by atoms with Crippen LogP contribution in [0, 0.1) is 0 Å². The molecule has 30 heavy (non-hydrogen) atoms. The van der Waals surface area contributed by atoms with E-state index in [2.05, 4.69) is 9.80 Å². The molecule has 8 nitrogen and oxygen atoms in total. The zero-order valence-electron chi connectivity index (χ0n) is 17.6. The van der Waals surface area contributed by atoms with Crippen LogP contribution < -0.4 is 4.74 Å². The van der Waals surface area contributed by atoms with Crippen LogP contribution in [-0.2, 0) is 19.1 Å². The van der Waals surface area contributed by atoms with Gasteiger partial charge in [0.1, 0.15) is 17.9 Å². The van der Waals surface area contributed by atoms with Crippen LogP contribution in [0.25, 0.3) is 0 Å².